The van der Waals surface area contributed by atoms with Crippen molar-refractivity contribution >= 4 is 55.9 Å². The molecule has 2 N–H and O–H groups in total. The van der Waals surface area contributed by atoms with Gasteiger partial charge in [0.05, 0.1) is 34.6 Å². The molecule has 0 atom stereocenters. The smallest absolute Gasteiger partial charge is 0.369 e. The molecule has 3 heterocycles. The number of anilines is 3. The first-order valence-electron chi connectivity index (χ1n) is 10.4. The van der Waals surface area contributed by atoms with Gasteiger partial charge in [-0.1, -0.05) is 11.6 Å². The van der Waals surface area contributed by atoms with Gasteiger partial charge >= 0.3 is 6.18 Å². The van der Waals surface area contributed by atoms with Gasteiger partial charge in [-0.2, -0.15) is 13.2 Å². The fourth-order valence-corrected chi connectivity index (χ4v) is 5.35. The first kappa shape index (κ1) is 26.2. The number of pyridine rings is 1. The van der Waals surface area contributed by atoms with Crippen molar-refractivity contribution in [2.45, 2.75) is 13.1 Å². The Morgan fingerprint density at radius 3 is 2.44 bits per heavy atom. The van der Waals surface area contributed by atoms with E-state index in [2.05, 4.69) is 15.0 Å². The monoisotopic (exact) mass is 562 g/mol. The molecular formula is C22H19ClF4N4O3S2. The fourth-order valence-electron chi connectivity index (χ4n) is 3.65. The molecule has 0 bridgehead atoms. The zero-order valence-electron chi connectivity index (χ0n) is 18.8. The number of nitrogens with one attached hydrogen (secondary N) is 2. The summed E-state index contributed by atoms with van der Waals surface area (Å²) in [6.45, 7) is 1.18. The molecule has 0 spiro atoms. The van der Waals surface area contributed by atoms with Crippen LogP contribution < -0.4 is 14.9 Å². The average molecular weight is 563 g/mol. The van der Waals surface area contributed by atoms with Gasteiger partial charge in [0.1, 0.15) is 5.69 Å². The lowest BCUT2D eigenvalue weighted by atomic mass is 9.99. The van der Waals surface area contributed by atoms with Crippen molar-refractivity contribution in [1.29, 1.82) is 0 Å². The number of aromatic nitrogens is 1. The fraction of sp³-hybridized carbons (Fsp3) is 0.273. The van der Waals surface area contributed by atoms with Crippen molar-refractivity contribution in [2.75, 3.05) is 34.3 Å². The predicted molar refractivity (Wildman–Crippen MR) is 132 cm³/mol. The van der Waals surface area contributed by atoms with Crippen LogP contribution in [-0.2, 0) is 10.0 Å². The number of benzene rings is 1. The van der Waals surface area contributed by atoms with Gasteiger partial charge in [0.15, 0.2) is 5.82 Å². The Bertz CT molecular complexity index is 1440. The van der Waals surface area contributed by atoms with Crippen LogP contribution in [0.1, 0.15) is 14.5 Å². The number of aryl methyl sites for hydroxylation is 1. The first-order valence-corrected chi connectivity index (χ1v) is 13.5. The first-order chi connectivity index (χ1) is 16.7. The number of carbonyl (C=O) groups excluding carboxylic acids is 1. The molecule has 0 radical (unpaired) electrons. The van der Waals surface area contributed by atoms with E-state index in [4.69, 9.17) is 11.6 Å². The largest absolute Gasteiger partial charge is 0.395 e. The summed E-state index contributed by atoms with van der Waals surface area (Å²) in [5, 5.41) is 2.82. The van der Waals surface area contributed by atoms with E-state index in [1.807, 2.05) is 0 Å². The van der Waals surface area contributed by atoms with E-state index in [-0.39, 0.29) is 45.7 Å². The molecule has 2 aromatic heterocycles. The number of alkyl halides is 3. The minimum Gasteiger partial charge on any atom is -0.369 e. The van der Waals surface area contributed by atoms with E-state index in [0.29, 0.717) is 10.4 Å². The lowest BCUT2D eigenvalue weighted by molar-refractivity contribution is -0.180. The summed E-state index contributed by atoms with van der Waals surface area (Å²) in [6.07, 6.45) is -2.00. The third kappa shape index (κ3) is 5.90. The van der Waals surface area contributed by atoms with Crippen molar-refractivity contribution in [3.05, 3.63) is 57.1 Å². The number of carbonyl (C=O) groups is 1. The molecule has 1 aliphatic heterocycles. The molecule has 0 unspecified atom stereocenters. The highest BCUT2D eigenvalue weighted by atomic mass is 35.5. The molecule has 7 nitrogen and oxygen atoms in total. The molecule has 1 fully saturated rings. The van der Waals surface area contributed by atoms with Gasteiger partial charge in [0.25, 0.3) is 5.91 Å². The van der Waals surface area contributed by atoms with Gasteiger partial charge in [0, 0.05) is 40.3 Å². The number of thiophene rings is 1. The number of hydrogen-bond acceptors (Lipinski definition) is 6. The minimum atomic E-state index is -4.29. The van der Waals surface area contributed by atoms with Crippen LogP contribution in [0.25, 0.3) is 11.3 Å². The normalized spacial score (nSPS) is 14.5. The number of nitrogens with zero attached hydrogens (tertiary/aromatic N) is 2. The molecular weight excluding hydrogens is 544 g/mol. The maximum atomic E-state index is 14.9. The summed E-state index contributed by atoms with van der Waals surface area (Å²) in [6, 6.07) is 6.81. The van der Waals surface area contributed by atoms with Crippen LogP contribution in [0.5, 0.6) is 0 Å². The predicted octanol–water partition coefficient (Wildman–Crippen LogP) is 5.53. The molecule has 4 rings (SSSR count). The number of rotatable bonds is 6. The Morgan fingerprint density at radius 2 is 1.83 bits per heavy atom. The number of hydrogen-bond donors (Lipinski definition) is 2. The van der Waals surface area contributed by atoms with Gasteiger partial charge < -0.3 is 10.2 Å². The van der Waals surface area contributed by atoms with Crippen LogP contribution in [0.2, 0.25) is 5.02 Å². The number of sulfonamides is 1. The van der Waals surface area contributed by atoms with Crippen molar-refractivity contribution in [3.63, 3.8) is 0 Å². The second kappa shape index (κ2) is 9.52. The molecule has 192 valence electrons. The highest BCUT2D eigenvalue weighted by Crippen LogP contribution is 2.38. The van der Waals surface area contributed by atoms with E-state index in [1.54, 1.807) is 6.92 Å². The van der Waals surface area contributed by atoms with Crippen molar-refractivity contribution in [1.82, 2.24) is 4.98 Å². The second-order valence-electron chi connectivity index (χ2n) is 8.30. The van der Waals surface area contributed by atoms with E-state index < -0.39 is 33.8 Å². The standard InChI is InChI=1S/C22H19ClF4N4O3S2/c1-11-17(20-18(24)6-16(8-28-20)31-9-12(10-31)22(25,26)27)7-19(35-11)21(32)29-14-3-13(23)4-15(5-14)30-36(2,33)34/h3-8,12,30H,9-10H2,1-2H3,(H,29,32). The molecule has 0 aliphatic carbocycles. The zero-order valence-corrected chi connectivity index (χ0v) is 21.2. The third-order valence-corrected chi connectivity index (χ3v) is 7.27. The van der Waals surface area contributed by atoms with Crippen molar-refractivity contribution < 1.29 is 30.8 Å². The molecule has 1 aromatic carbocycles. The topological polar surface area (TPSA) is 91.4 Å². The number of halogens is 5. The zero-order chi connectivity index (χ0) is 26.4. The van der Waals surface area contributed by atoms with Crippen LogP contribution in [0, 0.1) is 18.7 Å². The highest BCUT2D eigenvalue weighted by molar-refractivity contribution is 7.92. The van der Waals surface area contributed by atoms with E-state index in [0.717, 1.165) is 23.7 Å². The quantitative estimate of drug-likeness (QED) is 0.385. The lowest BCUT2D eigenvalue weighted by Gasteiger charge is -2.41. The molecule has 36 heavy (non-hydrogen) atoms. The van der Waals surface area contributed by atoms with Crippen molar-refractivity contribution in [3.8, 4) is 11.3 Å². The maximum Gasteiger partial charge on any atom is 0.395 e. The molecule has 1 aliphatic rings. The van der Waals surface area contributed by atoms with Crippen LogP contribution >= 0.6 is 22.9 Å². The van der Waals surface area contributed by atoms with E-state index in [1.165, 1.54) is 35.4 Å². The SMILES string of the molecule is Cc1sc(C(=O)Nc2cc(Cl)cc(NS(C)(=O)=O)c2)cc1-c1ncc(N2CC(C(F)(F)F)C2)cc1F. The van der Waals surface area contributed by atoms with Gasteiger partial charge in [0.2, 0.25) is 10.0 Å². The summed E-state index contributed by atoms with van der Waals surface area (Å²) in [5.41, 5.74) is 1.01. The van der Waals surface area contributed by atoms with E-state index >= 15 is 0 Å². The van der Waals surface area contributed by atoms with Gasteiger partial charge in [-0.3, -0.25) is 14.5 Å². The second-order valence-corrected chi connectivity index (χ2v) is 11.7. The molecule has 0 saturated carbocycles. The summed E-state index contributed by atoms with van der Waals surface area (Å²) in [4.78, 5) is 19.2. The summed E-state index contributed by atoms with van der Waals surface area (Å²) < 4.78 is 78.3. The molecule has 1 saturated heterocycles. The minimum absolute atomic E-state index is 0.0261. The average Bonchev–Trinajstić information content (AvgIpc) is 3.05. The Labute approximate surface area is 213 Å². The number of amides is 1. The van der Waals surface area contributed by atoms with E-state index in [9.17, 15) is 30.8 Å². The molecule has 1 amide bonds. The van der Waals surface area contributed by atoms with Crippen molar-refractivity contribution in [2.24, 2.45) is 5.92 Å². The Kier molecular flexibility index (Phi) is 6.92. The Morgan fingerprint density at radius 1 is 1.17 bits per heavy atom. The highest BCUT2D eigenvalue weighted by Gasteiger charge is 2.47. The third-order valence-electron chi connectivity index (χ3n) is 5.39. The van der Waals surface area contributed by atoms with Gasteiger partial charge in [-0.25, -0.2) is 12.8 Å². The molecule has 3 aromatic rings. The van der Waals surface area contributed by atoms with Crippen LogP contribution in [0.3, 0.4) is 0 Å². The Balaban J connectivity index is 1.51. The van der Waals surface area contributed by atoms with Gasteiger partial charge in [-0.15, -0.1) is 11.3 Å². The summed E-state index contributed by atoms with van der Waals surface area (Å²) >= 11 is 7.12. The van der Waals surface area contributed by atoms with Crippen LogP contribution in [-0.4, -0.2) is 44.8 Å². The lowest BCUT2D eigenvalue weighted by Crippen LogP contribution is -2.53. The molecule has 14 heteroatoms. The van der Waals surface area contributed by atoms with Crippen LogP contribution in [0.15, 0.2) is 36.5 Å². The van der Waals surface area contributed by atoms with Crippen LogP contribution in [0.4, 0.5) is 34.6 Å². The Hall–Kier alpha value is -2.90. The summed E-state index contributed by atoms with van der Waals surface area (Å²) in [5.74, 6) is -2.70. The maximum absolute atomic E-state index is 14.9. The van der Waals surface area contributed by atoms with Gasteiger partial charge in [-0.05, 0) is 31.2 Å². The summed E-state index contributed by atoms with van der Waals surface area (Å²) in [7, 11) is -3.56.